The molecule has 0 aliphatic carbocycles. The van der Waals surface area contributed by atoms with Crippen LogP contribution in [0.25, 0.3) is 11.1 Å². The summed E-state index contributed by atoms with van der Waals surface area (Å²) in [5, 5.41) is 13.5. The summed E-state index contributed by atoms with van der Waals surface area (Å²) in [7, 11) is -2.72. The van der Waals surface area contributed by atoms with Gasteiger partial charge < -0.3 is 13.3 Å². The second-order valence-electron chi connectivity index (χ2n) is 7.13. The summed E-state index contributed by atoms with van der Waals surface area (Å²) in [6.45, 7) is 10.3. The van der Waals surface area contributed by atoms with Crippen LogP contribution in [0.2, 0.25) is 6.04 Å². The molecule has 0 radical (unpaired) electrons. The summed E-state index contributed by atoms with van der Waals surface area (Å²) in [6, 6.07) is 15.0. The first kappa shape index (κ1) is 22.7. The molecule has 0 fully saturated rings. The molecule has 2 N–H and O–H groups in total. The van der Waals surface area contributed by atoms with Crippen molar-refractivity contribution in [1.82, 2.24) is 5.28 Å². The van der Waals surface area contributed by atoms with Crippen LogP contribution in [-0.4, -0.2) is 45.7 Å². The third kappa shape index (κ3) is 4.85. The van der Waals surface area contributed by atoms with Crippen molar-refractivity contribution in [3.63, 3.8) is 0 Å². The van der Waals surface area contributed by atoms with Gasteiger partial charge in [-0.15, -0.1) is 0 Å². The molecule has 8 heteroatoms. The van der Waals surface area contributed by atoms with Gasteiger partial charge in [-0.25, -0.2) is 0 Å². The molecule has 0 saturated heterocycles. The molecule has 1 heterocycles. The topological polar surface area (TPSA) is 66.4 Å². The molecule has 164 valence electrons. The van der Waals surface area contributed by atoms with E-state index in [0.29, 0.717) is 32.4 Å². The van der Waals surface area contributed by atoms with E-state index in [1.807, 2.05) is 50.0 Å². The number of benzene rings is 2. The van der Waals surface area contributed by atoms with E-state index in [0.717, 1.165) is 39.8 Å². The van der Waals surface area contributed by atoms with Crippen LogP contribution in [0.4, 0.5) is 11.4 Å². The first-order chi connectivity index (χ1) is 14.5. The minimum atomic E-state index is -2.72. The number of fused-ring (bicyclic) bond motifs is 1. The smallest absolute Gasteiger partial charge is 0.374 e. The minimum absolute atomic E-state index is 0.559. The van der Waals surface area contributed by atoms with E-state index >= 15 is 0 Å². The Labute approximate surface area is 180 Å². The van der Waals surface area contributed by atoms with Crippen LogP contribution in [0.1, 0.15) is 32.8 Å². The molecule has 0 spiro atoms. The van der Waals surface area contributed by atoms with Crippen LogP contribution in [0.5, 0.6) is 0 Å². The largest absolute Gasteiger partial charge is 0.500 e. The first-order valence-corrected chi connectivity index (χ1v) is 12.6. The van der Waals surface area contributed by atoms with E-state index in [4.69, 9.17) is 13.3 Å². The van der Waals surface area contributed by atoms with Gasteiger partial charge in [0.25, 0.3) is 0 Å². The van der Waals surface area contributed by atoms with Crippen molar-refractivity contribution in [2.75, 3.05) is 36.8 Å². The summed E-state index contributed by atoms with van der Waals surface area (Å²) >= 11 is 0. The highest BCUT2D eigenvalue weighted by Gasteiger charge is 2.40. The fourth-order valence-corrected chi connectivity index (χ4v) is 6.53. The van der Waals surface area contributed by atoms with E-state index in [9.17, 15) is 5.21 Å². The van der Waals surface area contributed by atoms with Crippen molar-refractivity contribution < 1.29 is 18.5 Å². The zero-order chi connectivity index (χ0) is 21.6. The van der Waals surface area contributed by atoms with Gasteiger partial charge in [0.15, 0.2) is 0 Å². The summed E-state index contributed by atoms with van der Waals surface area (Å²) < 4.78 is 17.9. The monoisotopic (exact) mass is 431 g/mol. The van der Waals surface area contributed by atoms with Gasteiger partial charge in [-0.2, -0.15) is 0 Å². The van der Waals surface area contributed by atoms with Gasteiger partial charge in [0.2, 0.25) is 0 Å². The van der Waals surface area contributed by atoms with Crippen LogP contribution in [0.15, 0.2) is 42.5 Å². The highest BCUT2D eigenvalue weighted by molar-refractivity contribution is 6.60. The van der Waals surface area contributed by atoms with E-state index < -0.39 is 8.80 Å². The maximum atomic E-state index is 10.6. The Morgan fingerprint density at radius 3 is 2.17 bits per heavy atom. The second-order valence-corrected chi connectivity index (χ2v) is 9.86. The number of nitrogens with zero attached hydrogens (tertiary/aromatic N) is 2. The van der Waals surface area contributed by atoms with Crippen LogP contribution in [0, 0.1) is 6.92 Å². The fraction of sp³-hybridized carbons (Fsp3) is 0.455. The van der Waals surface area contributed by atoms with E-state index in [-0.39, 0.29) is 0 Å². The van der Waals surface area contributed by atoms with Crippen molar-refractivity contribution in [2.45, 2.75) is 40.2 Å². The first-order valence-electron chi connectivity index (χ1n) is 10.7. The molecule has 1 aliphatic rings. The number of rotatable bonds is 11. The van der Waals surface area contributed by atoms with E-state index in [1.165, 1.54) is 0 Å². The van der Waals surface area contributed by atoms with Crippen molar-refractivity contribution in [2.24, 2.45) is 0 Å². The molecule has 7 nitrogen and oxygen atoms in total. The number of hydrogen-bond acceptors (Lipinski definition) is 7. The molecule has 3 rings (SSSR count). The van der Waals surface area contributed by atoms with Gasteiger partial charge in [-0.1, -0.05) is 36.4 Å². The zero-order valence-corrected chi connectivity index (χ0v) is 19.4. The average molecular weight is 432 g/mol. The highest BCUT2D eigenvalue weighted by Crippen LogP contribution is 2.43. The van der Waals surface area contributed by atoms with Gasteiger partial charge in [-0.05, 0) is 56.6 Å². The third-order valence-electron chi connectivity index (χ3n) is 5.10. The van der Waals surface area contributed by atoms with Gasteiger partial charge in [0.05, 0.1) is 11.4 Å². The lowest BCUT2D eigenvalue weighted by Crippen LogP contribution is -2.47. The quantitative estimate of drug-likeness (QED) is 0.493. The molecule has 0 amide bonds. The number of hydrogen-bond donors (Lipinski definition) is 2. The van der Waals surface area contributed by atoms with Crippen molar-refractivity contribution >= 4 is 20.2 Å². The SMILES string of the molecule is CCO[Si](CCCN1c2c(ccc(C)c2-c2ccccc2)NN1O)(OCC)OCC. The maximum absolute atomic E-state index is 10.6. The lowest BCUT2D eigenvalue weighted by molar-refractivity contribution is -0.0707. The Morgan fingerprint density at radius 2 is 1.57 bits per heavy atom. The van der Waals surface area contributed by atoms with Gasteiger partial charge in [-0.3, -0.25) is 15.6 Å². The Kier molecular flexibility index (Phi) is 7.87. The van der Waals surface area contributed by atoms with Crippen LogP contribution in [-0.2, 0) is 13.3 Å². The van der Waals surface area contributed by atoms with Crippen molar-refractivity contribution in [3.05, 3.63) is 48.0 Å². The second kappa shape index (κ2) is 10.4. The van der Waals surface area contributed by atoms with Crippen LogP contribution in [0.3, 0.4) is 0 Å². The summed E-state index contributed by atoms with van der Waals surface area (Å²) in [4.78, 5) is 0. The fourth-order valence-electron chi connectivity index (χ4n) is 3.94. The molecule has 2 aromatic carbocycles. The Morgan fingerprint density at radius 1 is 0.933 bits per heavy atom. The molecule has 2 aromatic rings. The lowest BCUT2D eigenvalue weighted by Gasteiger charge is -2.30. The summed E-state index contributed by atoms with van der Waals surface area (Å²) in [5.41, 5.74) is 8.28. The highest BCUT2D eigenvalue weighted by atomic mass is 28.4. The van der Waals surface area contributed by atoms with Crippen LogP contribution >= 0.6 is 0 Å². The average Bonchev–Trinajstić information content (AvgIpc) is 3.05. The zero-order valence-electron chi connectivity index (χ0n) is 18.4. The molecule has 0 aromatic heterocycles. The van der Waals surface area contributed by atoms with Crippen molar-refractivity contribution in [1.29, 1.82) is 0 Å². The standard InChI is InChI=1S/C22H33N3O4Si/c1-5-27-30(28-6-2,29-7-3)17-11-16-24-22-20(23-25(24)26)15-14-18(4)21(22)19-12-9-8-10-13-19/h8-10,12-15,23,26H,5-7,11,16-17H2,1-4H3. The summed E-state index contributed by atoms with van der Waals surface area (Å²) in [5.74, 6) is 0. The Bertz CT molecular complexity index is 805. The van der Waals surface area contributed by atoms with Gasteiger partial charge >= 0.3 is 8.80 Å². The molecule has 0 bridgehead atoms. The van der Waals surface area contributed by atoms with Crippen LogP contribution < -0.4 is 10.4 Å². The summed E-state index contributed by atoms with van der Waals surface area (Å²) in [6.07, 6.45) is 0.757. The Balaban J connectivity index is 1.83. The molecule has 0 saturated carbocycles. The Hall–Kier alpha value is -1.94. The number of hydrazine groups is 2. The third-order valence-corrected chi connectivity index (χ3v) is 8.25. The van der Waals surface area contributed by atoms with Gasteiger partial charge in [0, 0.05) is 38.0 Å². The molecular formula is C22H33N3O4Si. The molecule has 1 aliphatic heterocycles. The minimum Gasteiger partial charge on any atom is -0.374 e. The number of anilines is 2. The number of aryl methyl sites for hydroxylation is 1. The lowest BCUT2D eigenvalue weighted by atomic mass is 9.97. The van der Waals surface area contributed by atoms with Gasteiger partial charge in [0.1, 0.15) is 0 Å². The molecule has 0 unspecified atom stereocenters. The maximum Gasteiger partial charge on any atom is 0.500 e. The van der Waals surface area contributed by atoms with E-state index in [2.05, 4.69) is 30.5 Å². The van der Waals surface area contributed by atoms with E-state index in [1.54, 1.807) is 0 Å². The molecule has 0 atom stereocenters. The normalized spacial score (nSPS) is 14.1. The van der Waals surface area contributed by atoms with Crippen molar-refractivity contribution in [3.8, 4) is 11.1 Å². The molecular weight excluding hydrogens is 398 g/mol. The molecule has 30 heavy (non-hydrogen) atoms. The predicted octanol–water partition coefficient (Wildman–Crippen LogP) is 4.85. The number of nitrogens with one attached hydrogen (secondary N) is 1. The predicted molar refractivity (Wildman–Crippen MR) is 121 cm³/mol.